The second-order valence-electron chi connectivity index (χ2n) is 5.37. The summed E-state index contributed by atoms with van der Waals surface area (Å²) in [4.78, 5) is 15.4. The van der Waals surface area contributed by atoms with Crippen LogP contribution in [0.4, 0.5) is 0 Å². The number of carbonyl (C=O) groups excluding carboxylic acids is 1. The molecule has 0 bridgehead atoms. The lowest BCUT2D eigenvalue weighted by atomic mass is 9.98. The molecule has 2 N–H and O–H groups in total. The van der Waals surface area contributed by atoms with Crippen LogP contribution in [0, 0.1) is 0 Å². The van der Waals surface area contributed by atoms with Crippen molar-refractivity contribution in [2.24, 2.45) is 5.73 Å². The summed E-state index contributed by atoms with van der Waals surface area (Å²) in [7, 11) is 0. The molecule has 1 aromatic heterocycles. The van der Waals surface area contributed by atoms with Gasteiger partial charge in [0.05, 0.1) is 5.69 Å². The van der Waals surface area contributed by atoms with Crippen LogP contribution < -0.4 is 5.73 Å². The number of carbonyl (C=O) groups is 1. The third kappa shape index (κ3) is 3.12. The Labute approximate surface area is 118 Å². The molecule has 1 amide bonds. The third-order valence-corrected chi connectivity index (χ3v) is 4.37. The van der Waals surface area contributed by atoms with Crippen molar-refractivity contribution >= 4 is 17.4 Å². The summed E-state index contributed by atoms with van der Waals surface area (Å²) in [5.41, 5.74) is 6.48. The van der Waals surface area contributed by atoms with Crippen LogP contribution in [0.3, 0.4) is 0 Å². The molecule has 0 aromatic carbocycles. The Bertz CT molecular complexity index is 430. The average Bonchev–Trinajstić information content (AvgIpc) is 2.88. The summed E-state index contributed by atoms with van der Waals surface area (Å²) in [6, 6.07) is 0.286. The Morgan fingerprint density at radius 1 is 1.53 bits per heavy atom. The predicted molar refractivity (Wildman–Crippen MR) is 76.3 cm³/mol. The Morgan fingerprint density at radius 2 is 2.32 bits per heavy atom. The Kier molecular flexibility index (Phi) is 4.87. The molecule has 6 heteroatoms. The minimum atomic E-state index is 0.0943. The van der Waals surface area contributed by atoms with Gasteiger partial charge in [-0.25, -0.2) is 0 Å². The predicted octanol–water partition coefficient (Wildman–Crippen LogP) is 2.01. The summed E-state index contributed by atoms with van der Waals surface area (Å²) in [6.07, 6.45) is 4.21. The molecular weight excluding hydrogens is 260 g/mol. The van der Waals surface area contributed by atoms with E-state index in [4.69, 9.17) is 5.73 Å². The van der Waals surface area contributed by atoms with Gasteiger partial charge in [0.1, 0.15) is 4.88 Å². The van der Waals surface area contributed by atoms with Crippen molar-refractivity contribution in [1.29, 1.82) is 0 Å². The molecule has 1 fully saturated rings. The number of likely N-dealkylation sites (tertiary alicyclic amines) is 1. The van der Waals surface area contributed by atoms with E-state index in [2.05, 4.69) is 9.59 Å². The van der Waals surface area contributed by atoms with Crippen molar-refractivity contribution in [2.45, 2.75) is 51.5 Å². The van der Waals surface area contributed by atoms with Crippen molar-refractivity contribution in [3.63, 3.8) is 0 Å². The van der Waals surface area contributed by atoms with Crippen LogP contribution in [0.1, 0.15) is 60.8 Å². The van der Waals surface area contributed by atoms with E-state index in [0.717, 1.165) is 31.5 Å². The monoisotopic (exact) mass is 282 g/mol. The lowest BCUT2D eigenvalue weighted by Crippen LogP contribution is -2.44. The van der Waals surface area contributed by atoms with Crippen molar-refractivity contribution in [3.8, 4) is 0 Å². The first kappa shape index (κ1) is 14.4. The molecule has 1 aliphatic heterocycles. The summed E-state index contributed by atoms with van der Waals surface area (Å²) < 4.78 is 3.95. The molecule has 1 aromatic rings. The first-order chi connectivity index (χ1) is 9.15. The van der Waals surface area contributed by atoms with Crippen LogP contribution in [0.2, 0.25) is 0 Å². The molecule has 1 aliphatic rings. The first-order valence-corrected chi connectivity index (χ1v) is 7.75. The fourth-order valence-corrected chi connectivity index (χ4v) is 3.39. The maximum atomic E-state index is 12.7. The van der Waals surface area contributed by atoms with Crippen LogP contribution >= 0.6 is 11.5 Å². The molecule has 0 radical (unpaired) electrons. The second-order valence-corrected chi connectivity index (χ2v) is 6.12. The Hall–Kier alpha value is -1.01. The first-order valence-electron chi connectivity index (χ1n) is 6.98. The highest BCUT2D eigenvalue weighted by molar-refractivity contribution is 7.08. The van der Waals surface area contributed by atoms with Crippen LogP contribution in [0.15, 0.2) is 0 Å². The lowest BCUT2D eigenvalue weighted by Gasteiger charge is -2.35. The van der Waals surface area contributed by atoms with Gasteiger partial charge < -0.3 is 10.6 Å². The maximum absolute atomic E-state index is 12.7. The molecule has 5 nitrogen and oxygen atoms in total. The van der Waals surface area contributed by atoms with Gasteiger partial charge in [-0.2, -0.15) is 0 Å². The van der Waals surface area contributed by atoms with E-state index in [1.54, 1.807) is 0 Å². The molecule has 19 heavy (non-hydrogen) atoms. The maximum Gasteiger partial charge on any atom is 0.267 e. The number of aromatic nitrogens is 2. The zero-order chi connectivity index (χ0) is 13.8. The molecule has 1 unspecified atom stereocenters. The summed E-state index contributed by atoms with van der Waals surface area (Å²) in [5, 5.41) is 4.10. The topological polar surface area (TPSA) is 72.1 Å². The minimum Gasteiger partial charge on any atom is -0.335 e. The molecule has 106 valence electrons. The molecule has 0 saturated carbocycles. The summed E-state index contributed by atoms with van der Waals surface area (Å²) in [6.45, 7) is 5.55. The van der Waals surface area contributed by atoms with Crippen LogP contribution in [-0.2, 0) is 0 Å². The highest BCUT2D eigenvalue weighted by atomic mass is 32.1. The molecule has 0 spiro atoms. The smallest absolute Gasteiger partial charge is 0.267 e. The highest BCUT2D eigenvalue weighted by Crippen LogP contribution is 2.26. The fraction of sp³-hybridized carbons (Fsp3) is 0.769. The van der Waals surface area contributed by atoms with Gasteiger partial charge in [-0.05, 0) is 49.7 Å². The van der Waals surface area contributed by atoms with Crippen molar-refractivity contribution in [3.05, 3.63) is 10.6 Å². The summed E-state index contributed by atoms with van der Waals surface area (Å²) in [5.74, 6) is 0.326. The van der Waals surface area contributed by atoms with E-state index >= 15 is 0 Å². The van der Waals surface area contributed by atoms with Gasteiger partial charge in [-0.3, -0.25) is 4.79 Å². The second kappa shape index (κ2) is 6.43. The summed E-state index contributed by atoms with van der Waals surface area (Å²) >= 11 is 1.22. The van der Waals surface area contributed by atoms with Gasteiger partial charge >= 0.3 is 0 Å². The third-order valence-electron chi connectivity index (χ3n) is 3.64. The number of nitrogens with two attached hydrogens (primary N) is 1. The fourth-order valence-electron chi connectivity index (χ4n) is 2.61. The SMILES string of the molecule is CC(C)c1nnsc1C(=O)N1CCCCC1CCN. The number of hydrogen-bond donors (Lipinski definition) is 1. The van der Waals surface area contributed by atoms with Crippen LogP contribution in [0.25, 0.3) is 0 Å². The molecule has 0 aliphatic carbocycles. The largest absolute Gasteiger partial charge is 0.335 e. The van der Waals surface area contributed by atoms with Gasteiger partial charge in [0.25, 0.3) is 5.91 Å². The van der Waals surface area contributed by atoms with Crippen LogP contribution in [0.5, 0.6) is 0 Å². The van der Waals surface area contributed by atoms with Gasteiger partial charge in [0.2, 0.25) is 0 Å². The van der Waals surface area contributed by atoms with E-state index in [0.29, 0.717) is 11.4 Å². The van der Waals surface area contributed by atoms with Crippen molar-refractivity contribution in [2.75, 3.05) is 13.1 Å². The van der Waals surface area contributed by atoms with Gasteiger partial charge in [-0.1, -0.05) is 18.3 Å². The zero-order valence-corrected chi connectivity index (χ0v) is 12.4. The van der Waals surface area contributed by atoms with E-state index in [1.807, 2.05) is 18.7 Å². The number of hydrogen-bond acceptors (Lipinski definition) is 5. The van der Waals surface area contributed by atoms with E-state index in [9.17, 15) is 4.79 Å². The van der Waals surface area contributed by atoms with Gasteiger partial charge in [0, 0.05) is 12.6 Å². The molecular formula is C13H22N4OS. The normalized spacial score (nSPS) is 20.0. The van der Waals surface area contributed by atoms with Crippen LogP contribution in [-0.4, -0.2) is 39.5 Å². The van der Waals surface area contributed by atoms with Crippen molar-refractivity contribution < 1.29 is 4.79 Å². The van der Waals surface area contributed by atoms with E-state index < -0.39 is 0 Å². The zero-order valence-electron chi connectivity index (χ0n) is 11.6. The number of rotatable bonds is 4. The molecule has 2 heterocycles. The van der Waals surface area contributed by atoms with Gasteiger partial charge in [0.15, 0.2) is 0 Å². The van der Waals surface area contributed by atoms with Crippen molar-refractivity contribution in [1.82, 2.24) is 14.5 Å². The quantitative estimate of drug-likeness (QED) is 0.917. The number of nitrogens with zero attached hydrogens (tertiary/aromatic N) is 3. The number of piperidine rings is 1. The molecule has 1 atom stereocenters. The molecule has 1 saturated heterocycles. The average molecular weight is 282 g/mol. The lowest BCUT2D eigenvalue weighted by molar-refractivity contribution is 0.0608. The highest BCUT2D eigenvalue weighted by Gasteiger charge is 2.30. The Morgan fingerprint density at radius 3 is 3.00 bits per heavy atom. The van der Waals surface area contributed by atoms with E-state index in [1.165, 1.54) is 18.0 Å². The minimum absolute atomic E-state index is 0.0943. The van der Waals surface area contributed by atoms with E-state index in [-0.39, 0.29) is 17.9 Å². The standard InChI is InChI=1S/C13H22N4OS/c1-9(2)11-12(19-16-15-11)13(18)17-8-4-3-5-10(17)6-7-14/h9-10H,3-8,14H2,1-2H3. The number of amides is 1. The Balaban J connectivity index is 2.19. The molecule has 2 rings (SSSR count). The van der Waals surface area contributed by atoms with Gasteiger partial charge in [-0.15, -0.1) is 5.10 Å².